The highest BCUT2D eigenvalue weighted by Gasteiger charge is 2.43. The van der Waals surface area contributed by atoms with Gasteiger partial charge >= 0.3 is 11.8 Å². The summed E-state index contributed by atoms with van der Waals surface area (Å²) in [4.78, 5) is 36.1. The third-order valence-corrected chi connectivity index (χ3v) is 5.45. The average Bonchev–Trinajstić information content (AvgIpc) is 2.73. The number of fused-ring (bicyclic) bond motifs is 3. The van der Waals surface area contributed by atoms with Crippen molar-refractivity contribution in [2.45, 2.75) is 51.3 Å². The van der Waals surface area contributed by atoms with Crippen LogP contribution in [0.4, 0.5) is 27.8 Å². The number of nitrogens with one attached hydrogen (secondary N) is 1. The van der Waals surface area contributed by atoms with Gasteiger partial charge in [0.15, 0.2) is 0 Å². The molecule has 0 spiro atoms. The van der Waals surface area contributed by atoms with Gasteiger partial charge in [-0.1, -0.05) is 0 Å². The zero-order valence-corrected chi connectivity index (χ0v) is 17.8. The molecule has 3 fully saturated rings. The number of ether oxygens (including phenoxy) is 1. The third kappa shape index (κ3) is 4.52. The number of aromatic nitrogens is 2. The number of carbonyl (C=O) groups is 1. The molecule has 0 radical (unpaired) electrons. The largest absolute Gasteiger partial charge is 0.444 e. The van der Waals surface area contributed by atoms with Gasteiger partial charge in [0.1, 0.15) is 11.4 Å². The fourth-order valence-corrected chi connectivity index (χ4v) is 4.07. The van der Waals surface area contributed by atoms with Crippen LogP contribution in [0.1, 0.15) is 33.6 Å². The predicted octanol–water partition coefficient (Wildman–Crippen LogP) is 3.72. The van der Waals surface area contributed by atoms with E-state index in [4.69, 9.17) is 4.74 Å². The van der Waals surface area contributed by atoms with E-state index in [1.54, 1.807) is 35.5 Å². The van der Waals surface area contributed by atoms with Crippen molar-refractivity contribution in [1.82, 2.24) is 14.9 Å². The molecule has 1 amide bonds. The number of carbonyl (C=O) groups excluding carboxylic acids is 1. The maximum Gasteiger partial charge on any atom is 0.410 e. The second kappa shape index (κ2) is 8.01. The molecule has 10 heteroatoms. The van der Waals surface area contributed by atoms with Gasteiger partial charge in [-0.25, -0.2) is 9.78 Å². The molecule has 2 aromatic rings. The molecule has 0 aromatic carbocycles. The molecule has 0 aliphatic carbocycles. The van der Waals surface area contributed by atoms with Gasteiger partial charge in [-0.15, -0.1) is 0 Å². The van der Waals surface area contributed by atoms with Crippen LogP contribution in [0.3, 0.4) is 0 Å². The number of piperazine rings is 1. The molecule has 31 heavy (non-hydrogen) atoms. The number of pyridine rings is 2. The lowest BCUT2D eigenvalue weighted by Crippen LogP contribution is -2.64. The Labute approximate surface area is 180 Å². The summed E-state index contributed by atoms with van der Waals surface area (Å²) in [6.07, 6.45) is 4.74. The van der Waals surface area contributed by atoms with Crippen molar-refractivity contribution in [1.29, 1.82) is 0 Å². The first kappa shape index (κ1) is 20.8. The highest BCUT2D eigenvalue weighted by molar-refractivity contribution is 5.70. The lowest BCUT2D eigenvalue weighted by Gasteiger charge is -2.51. The van der Waals surface area contributed by atoms with E-state index in [1.807, 2.05) is 20.8 Å². The molecule has 5 heterocycles. The van der Waals surface area contributed by atoms with Crippen LogP contribution in [-0.2, 0) is 4.74 Å². The molecule has 2 atom stereocenters. The molecular formula is C21H26N6O4. The van der Waals surface area contributed by atoms with Crippen molar-refractivity contribution < 1.29 is 14.5 Å². The minimum atomic E-state index is -0.541. The van der Waals surface area contributed by atoms with Gasteiger partial charge in [-0.2, -0.15) is 0 Å². The quantitative estimate of drug-likeness (QED) is 0.581. The fourth-order valence-electron chi connectivity index (χ4n) is 4.07. The molecule has 2 aromatic heterocycles. The first-order chi connectivity index (χ1) is 14.7. The normalized spacial score (nSPS) is 20.5. The molecule has 3 aliphatic heterocycles. The summed E-state index contributed by atoms with van der Waals surface area (Å²) in [5.74, 6) is 0.833. The lowest BCUT2D eigenvalue weighted by molar-refractivity contribution is -0.384. The SMILES string of the molecule is CC(C)(C)OC(=O)N1C[C@H]2CC[C@@H]1CN2c1ccc([N+](=O)[O-])c(Nc2ccncc2)n1. The van der Waals surface area contributed by atoms with Crippen LogP contribution < -0.4 is 10.2 Å². The number of hydrogen-bond donors (Lipinski definition) is 1. The Bertz CT molecular complexity index is 978. The zero-order chi connectivity index (χ0) is 22.2. The summed E-state index contributed by atoms with van der Waals surface area (Å²) in [7, 11) is 0. The molecule has 5 rings (SSSR count). The number of amides is 1. The maximum atomic E-state index is 12.6. The minimum Gasteiger partial charge on any atom is -0.444 e. The van der Waals surface area contributed by atoms with Gasteiger partial charge < -0.3 is 19.9 Å². The summed E-state index contributed by atoms with van der Waals surface area (Å²) in [6, 6.07) is 6.70. The van der Waals surface area contributed by atoms with E-state index in [0.717, 1.165) is 12.8 Å². The molecule has 0 unspecified atom stereocenters. The topological polar surface area (TPSA) is 114 Å². The Kier molecular flexibility index (Phi) is 5.38. The summed E-state index contributed by atoms with van der Waals surface area (Å²) in [5.41, 5.74) is 0.0260. The monoisotopic (exact) mass is 426 g/mol. The average molecular weight is 426 g/mol. The summed E-state index contributed by atoms with van der Waals surface area (Å²) < 4.78 is 5.56. The second-order valence-corrected chi connectivity index (χ2v) is 8.83. The first-order valence-electron chi connectivity index (χ1n) is 10.3. The van der Waals surface area contributed by atoms with Crippen LogP contribution in [0.2, 0.25) is 0 Å². The molecule has 2 bridgehead atoms. The molecular weight excluding hydrogens is 400 g/mol. The number of anilines is 3. The Morgan fingerprint density at radius 2 is 1.87 bits per heavy atom. The molecule has 3 aliphatic rings. The number of hydrogen-bond acceptors (Lipinski definition) is 8. The Morgan fingerprint density at radius 3 is 2.48 bits per heavy atom. The minimum absolute atomic E-state index is 0.0217. The van der Waals surface area contributed by atoms with Gasteiger partial charge in [0.2, 0.25) is 5.82 Å². The van der Waals surface area contributed by atoms with Crippen molar-refractivity contribution in [3.8, 4) is 0 Å². The zero-order valence-electron chi connectivity index (χ0n) is 17.8. The first-order valence-corrected chi connectivity index (χ1v) is 10.3. The van der Waals surface area contributed by atoms with Crippen LogP contribution >= 0.6 is 0 Å². The van der Waals surface area contributed by atoms with Crippen LogP contribution in [-0.4, -0.2) is 56.7 Å². The van der Waals surface area contributed by atoms with Crippen molar-refractivity contribution >= 4 is 29.1 Å². The predicted molar refractivity (Wildman–Crippen MR) is 116 cm³/mol. The van der Waals surface area contributed by atoms with E-state index in [-0.39, 0.29) is 29.7 Å². The van der Waals surface area contributed by atoms with E-state index in [2.05, 4.69) is 20.2 Å². The maximum absolute atomic E-state index is 12.6. The Morgan fingerprint density at radius 1 is 1.16 bits per heavy atom. The standard InChI is InChI=1S/C21H26N6O4/c1-21(2,3)31-20(28)26-13-15-4-5-16(26)12-25(15)18-7-6-17(27(29)30)19(24-18)23-14-8-10-22-11-9-14/h6-11,15-16H,4-5,12-13H2,1-3H3,(H,22,23,24)/t15-,16-/m1/s1. The van der Waals surface area contributed by atoms with E-state index in [0.29, 0.717) is 24.6 Å². The molecule has 3 saturated heterocycles. The van der Waals surface area contributed by atoms with E-state index >= 15 is 0 Å². The smallest absolute Gasteiger partial charge is 0.410 e. The van der Waals surface area contributed by atoms with Crippen molar-refractivity contribution in [3.63, 3.8) is 0 Å². The van der Waals surface area contributed by atoms with Crippen LogP contribution in [0.5, 0.6) is 0 Å². The van der Waals surface area contributed by atoms with Gasteiger partial charge in [0.25, 0.3) is 0 Å². The van der Waals surface area contributed by atoms with E-state index < -0.39 is 10.5 Å². The summed E-state index contributed by atoms with van der Waals surface area (Å²) in [6.45, 7) is 6.74. The highest BCUT2D eigenvalue weighted by atomic mass is 16.6. The van der Waals surface area contributed by atoms with Crippen LogP contribution in [0.25, 0.3) is 0 Å². The van der Waals surface area contributed by atoms with Crippen LogP contribution in [0, 0.1) is 10.1 Å². The highest BCUT2D eigenvalue weighted by Crippen LogP contribution is 2.35. The number of piperidine rings is 2. The third-order valence-electron chi connectivity index (χ3n) is 5.45. The Balaban J connectivity index is 1.56. The van der Waals surface area contributed by atoms with Gasteiger partial charge in [0, 0.05) is 43.3 Å². The van der Waals surface area contributed by atoms with Gasteiger partial charge in [-0.05, 0) is 51.8 Å². The van der Waals surface area contributed by atoms with Crippen LogP contribution in [0.15, 0.2) is 36.7 Å². The number of nitrogens with zero attached hydrogens (tertiary/aromatic N) is 5. The molecule has 1 N–H and O–H groups in total. The number of nitro groups is 1. The molecule has 10 nitrogen and oxygen atoms in total. The summed E-state index contributed by atoms with van der Waals surface area (Å²) >= 11 is 0. The van der Waals surface area contributed by atoms with Gasteiger partial charge in [-0.3, -0.25) is 15.1 Å². The number of rotatable bonds is 4. The van der Waals surface area contributed by atoms with E-state index in [1.165, 1.54) is 6.07 Å². The molecule has 164 valence electrons. The van der Waals surface area contributed by atoms with Crippen molar-refractivity contribution in [2.75, 3.05) is 23.3 Å². The lowest BCUT2D eigenvalue weighted by atomic mass is 9.91. The van der Waals surface area contributed by atoms with Crippen molar-refractivity contribution in [3.05, 3.63) is 46.8 Å². The summed E-state index contributed by atoms with van der Waals surface area (Å²) in [5, 5.41) is 14.5. The van der Waals surface area contributed by atoms with Crippen molar-refractivity contribution in [2.24, 2.45) is 0 Å². The molecule has 0 saturated carbocycles. The Hall–Kier alpha value is -3.43. The van der Waals surface area contributed by atoms with E-state index in [9.17, 15) is 14.9 Å². The fraction of sp³-hybridized carbons (Fsp3) is 0.476. The van der Waals surface area contributed by atoms with Gasteiger partial charge in [0.05, 0.1) is 11.0 Å². The second-order valence-electron chi connectivity index (χ2n) is 8.83.